The number of aromatic nitrogens is 2. The second kappa shape index (κ2) is 10.6. The molecule has 1 aliphatic heterocycles. The quantitative estimate of drug-likeness (QED) is 0.674. The average molecular weight is 465 g/mol. The predicted molar refractivity (Wildman–Crippen MR) is 122 cm³/mol. The van der Waals surface area contributed by atoms with Crippen molar-refractivity contribution >= 4 is 6.09 Å². The van der Waals surface area contributed by atoms with Crippen LogP contribution in [0.15, 0.2) is 24.4 Å². The number of carbonyl (C=O) groups excluding carboxylic acids is 1. The van der Waals surface area contributed by atoms with E-state index >= 15 is 0 Å². The van der Waals surface area contributed by atoms with E-state index in [0.717, 1.165) is 30.8 Å². The summed E-state index contributed by atoms with van der Waals surface area (Å²) >= 11 is 0. The van der Waals surface area contributed by atoms with Gasteiger partial charge in [0.25, 0.3) is 0 Å². The summed E-state index contributed by atoms with van der Waals surface area (Å²) in [6, 6.07) is 3.80. The van der Waals surface area contributed by atoms with Gasteiger partial charge in [-0.15, -0.1) is 0 Å². The number of aliphatic hydroxyl groups excluding tert-OH is 1. The first-order chi connectivity index (χ1) is 15.6. The van der Waals surface area contributed by atoms with E-state index < -0.39 is 17.2 Å². The molecule has 2 heterocycles. The Hall–Kier alpha value is -2.52. The summed E-state index contributed by atoms with van der Waals surface area (Å²) < 4.78 is 34.8. The highest BCUT2D eigenvalue weighted by Gasteiger charge is 2.30. The zero-order valence-electron chi connectivity index (χ0n) is 19.9. The topological polar surface area (TPSA) is 70.8 Å². The third-order valence-corrected chi connectivity index (χ3v) is 5.74. The first-order valence-electron chi connectivity index (χ1n) is 11.4. The molecule has 0 atom stereocenters. The van der Waals surface area contributed by atoms with Gasteiger partial charge in [0.05, 0.1) is 12.3 Å². The molecule has 7 nitrogen and oxygen atoms in total. The van der Waals surface area contributed by atoms with Crippen LogP contribution in [-0.2, 0) is 11.3 Å². The van der Waals surface area contributed by atoms with E-state index in [1.807, 2.05) is 38.9 Å². The predicted octanol–water partition coefficient (Wildman–Crippen LogP) is 3.87. The van der Waals surface area contributed by atoms with Crippen LogP contribution in [0.2, 0.25) is 0 Å². The number of likely N-dealkylation sites (N-methyl/N-ethyl adjacent to an activating group) is 1. The van der Waals surface area contributed by atoms with Gasteiger partial charge in [0.1, 0.15) is 11.4 Å². The van der Waals surface area contributed by atoms with Crippen LogP contribution in [0, 0.1) is 11.6 Å². The lowest BCUT2D eigenvalue weighted by atomic mass is 9.96. The Morgan fingerprint density at radius 3 is 2.52 bits per heavy atom. The number of likely N-dealkylation sites (tertiary alicyclic amines) is 1. The Kier molecular flexibility index (Phi) is 8.07. The minimum absolute atomic E-state index is 0.0799. The highest BCUT2D eigenvalue weighted by atomic mass is 19.2. The van der Waals surface area contributed by atoms with Crippen LogP contribution < -0.4 is 0 Å². The van der Waals surface area contributed by atoms with Gasteiger partial charge in [0, 0.05) is 50.4 Å². The third-order valence-electron chi connectivity index (χ3n) is 5.74. The number of amides is 1. The molecule has 182 valence electrons. The van der Waals surface area contributed by atoms with Gasteiger partial charge in [0.2, 0.25) is 0 Å². The zero-order valence-corrected chi connectivity index (χ0v) is 19.9. The molecule has 1 aromatic carbocycles. The van der Waals surface area contributed by atoms with Gasteiger partial charge in [-0.3, -0.25) is 0 Å². The van der Waals surface area contributed by atoms with Gasteiger partial charge in [-0.05, 0) is 58.9 Å². The first kappa shape index (κ1) is 25.1. The number of ether oxygens (including phenoxy) is 1. The first-order valence-corrected chi connectivity index (χ1v) is 11.4. The number of carbonyl (C=O) groups is 1. The summed E-state index contributed by atoms with van der Waals surface area (Å²) in [7, 11) is 1.93. The van der Waals surface area contributed by atoms with E-state index in [1.54, 1.807) is 4.90 Å². The van der Waals surface area contributed by atoms with E-state index in [1.165, 1.54) is 6.07 Å². The summed E-state index contributed by atoms with van der Waals surface area (Å²) in [5.41, 5.74) is 0.566. The molecule has 1 saturated heterocycles. The van der Waals surface area contributed by atoms with Crippen LogP contribution in [0.3, 0.4) is 0 Å². The minimum Gasteiger partial charge on any atom is -0.444 e. The lowest BCUT2D eigenvalue weighted by molar-refractivity contribution is 0.0202. The Balaban J connectivity index is 1.78. The van der Waals surface area contributed by atoms with Crippen LogP contribution in [0.1, 0.15) is 45.4 Å². The highest BCUT2D eigenvalue weighted by Crippen LogP contribution is 2.31. The molecule has 1 aromatic heterocycles. The van der Waals surface area contributed by atoms with Crippen molar-refractivity contribution in [3.05, 3.63) is 41.9 Å². The van der Waals surface area contributed by atoms with Crippen LogP contribution in [-0.4, -0.2) is 76.0 Å². The SMILES string of the molecule is CN(CCO)CCn1cc(-c2ccc(F)c(F)c2)nc1C1CCN(C(=O)OC(C)(C)C)CC1. The molecular weight excluding hydrogens is 430 g/mol. The fraction of sp³-hybridized carbons (Fsp3) is 0.583. The fourth-order valence-corrected chi connectivity index (χ4v) is 3.94. The molecule has 9 heteroatoms. The maximum atomic E-state index is 13.8. The van der Waals surface area contributed by atoms with Gasteiger partial charge in [-0.25, -0.2) is 18.6 Å². The molecule has 0 aliphatic carbocycles. The average Bonchev–Trinajstić information content (AvgIpc) is 3.17. The minimum atomic E-state index is -0.906. The van der Waals surface area contributed by atoms with Crippen LogP contribution >= 0.6 is 0 Å². The van der Waals surface area contributed by atoms with E-state index in [0.29, 0.717) is 44.0 Å². The molecule has 0 spiro atoms. The van der Waals surface area contributed by atoms with Crippen molar-refractivity contribution in [1.82, 2.24) is 19.4 Å². The van der Waals surface area contributed by atoms with Crippen molar-refractivity contribution in [2.45, 2.75) is 51.7 Å². The molecule has 33 heavy (non-hydrogen) atoms. The molecule has 0 bridgehead atoms. The number of rotatable bonds is 7. The number of imidazole rings is 1. The summed E-state index contributed by atoms with van der Waals surface area (Å²) in [5, 5.41) is 9.16. The number of piperidine rings is 1. The Bertz CT molecular complexity index is 950. The highest BCUT2D eigenvalue weighted by molar-refractivity contribution is 5.68. The fourth-order valence-electron chi connectivity index (χ4n) is 3.94. The third kappa shape index (κ3) is 6.74. The smallest absolute Gasteiger partial charge is 0.410 e. The number of benzene rings is 1. The maximum absolute atomic E-state index is 13.8. The molecular formula is C24H34F2N4O3. The van der Waals surface area contributed by atoms with Gasteiger partial charge < -0.3 is 24.2 Å². The van der Waals surface area contributed by atoms with E-state index in [-0.39, 0.29) is 18.6 Å². The second-order valence-electron chi connectivity index (χ2n) is 9.58. The number of hydrogen-bond donors (Lipinski definition) is 1. The second-order valence-corrected chi connectivity index (χ2v) is 9.58. The van der Waals surface area contributed by atoms with Crippen molar-refractivity contribution in [3.8, 4) is 11.3 Å². The number of aliphatic hydroxyl groups is 1. The van der Waals surface area contributed by atoms with Crippen molar-refractivity contribution < 1.29 is 23.4 Å². The zero-order chi connectivity index (χ0) is 24.2. The Morgan fingerprint density at radius 2 is 1.91 bits per heavy atom. The van der Waals surface area contributed by atoms with Gasteiger partial charge in [-0.1, -0.05) is 0 Å². The van der Waals surface area contributed by atoms with Gasteiger partial charge >= 0.3 is 6.09 Å². The molecule has 0 unspecified atom stereocenters. The lowest BCUT2D eigenvalue weighted by Gasteiger charge is -2.33. The normalized spacial score (nSPS) is 15.3. The number of halogens is 2. The molecule has 2 aromatic rings. The number of nitrogens with zero attached hydrogens (tertiary/aromatic N) is 4. The van der Waals surface area contributed by atoms with Crippen LogP contribution in [0.25, 0.3) is 11.3 Å². The molecule has 1 aliphatic rings. The summed E-state index contributed by atoms with van der Waals surface area (Å²) in [6.45, 7) is 8.68. The maximum Gasteiger partial charge on any atom is 0.410 e. The van der Waals surface area contributed by atoms with Gasteiger partial charge in [0.15, 0.2) is 11.6 Å². The Labute approximate surface area is 194 Å². The van der Waals surface area contributed by atoms with Crippen molar-refractivity contribution in [1.29, 1.82) is 0 Å². The Morgan fingerprint density at radius 1 is 1.21 bits per heavy atom. The largest absolute Gasteiger partial charge is 0.444 e. The monoisotopic (exact) mass is 464 g/mol. The summed E-state index contributed by atoms with van der Waals surface area (Å²) in [4.78, 5) is 20.9. The van der Waals surface area contributed by atoms with E-state index in [2.05, 4.69) is 4.57 Å². The van der Waals surface area contributed by atoms with Crippen molar-refractivity contribution in [2.75, 3.05) is 39.8 Å². The lowest BCUT2D eigenvalue weighted by Crippen LogP contribution is -2.41. The van der Waals surface area contributed by atoms with E-state index in [4.69, 9.17) is 14.8 Å². The van der Waals surface area contributed by atoms with Crippen LogP contribution in [0.4, 0.5) is 13.6 Å². The molecule has 0 saturated carbocycles. The van der Waals surface area contributed by atoms with E-state index in [9.17, 15) is 13.6 Å². The summed E-state index contributed by atoms with van der Waals surface area (Å²) in [6.07, 6.45) is 3.03. The van der Waals surface area contributed by atoms with Crippen molar-refractivity contribution in [2.24, 2.45) is 0 Å². The molecule has 1 fully saturated rings. The van der Waals surface area contributed by atoms with Crippen LogP contribution in [0.5, 0.6) is 0 Å². The van der Waals surface area contributed by atoms with Gasteiger partial charge in [-0.2, -0.15) is 0 Å². The molecule has 3 rings (SSSR count). The molecule has 1 N–H and O–H groups in total. The summed E-state index contributed by atoms with van der Waals surface area (Å²) in [5.74, 6) is -0.794. The molecule has 0 radical (unpaired) electrons. The standard InChI is InChI=1S/C24H34F2N4O3/c1-24(2,3)33-23(32)29-9-7-17(8-10-29)22-27-21(18-5-6-19(25)20(26)15-18)16-30(22)12-11-28(4)13-14-31/h5-6,15-17,31H,7-14H2,1-4H3. The number of hydrogen-bond acceptors (Lipinski definition) is 5. The molecule has 1 amide bonds. The van der Waals surface area contributed by atoms with Crippen molar-refractivity contribution in [3.63, 3.8) is 0 Å².